The molecule has 1 rings (SSSR count). The van der Waals surface area contributed by atoms with Gasteiger partial charge in [0.1, 0.15) is 4.90 Å². The Labute approximate surface area is 134 Å². The second kappa shape index (κ2) is 6.52. The van der Waals surface area contributed by atoms with Gasteiger partial charge < -0.3 is 5.32 Å². The zero-order chi connectivity index (χ0) is 16.4. The van der Waals surface area contributed by atoms with Gasteiger partial charge in [0.2, 0.25) is 10.0 Å². The molecule has 0 aliphatic rings. The van der Waals surface area contributed by atoms with Crippen LogP contribution in [0.1, 0.15) is 44.0 Å². The Hall–Kier alpha value is -0.820. The molecule has 8 heteroatoms. The number of nitrogens with one attached hydrogen (secondary N) is 1. The second-order valence-corrected chi connectivity index (χ2v) is 7.72. The molecule has 1 aromatic rings. The van der Waals surface area contributed by atoms with Crippen LogP contribution in [-0.4, -0.2) is 19.9 Å². The lowest BCUT2D eigenvalue weighted by Gasteiger charge is -2.26. The first-order valence-electron chi connectivity index (χ1n) is 6.32. The molecule has 0 unspecified atom stereocenters. The van der Waals surface area contributed by atoms with Crippen LogP contribution in [0.4, 0.5) is 0 Å². The van der Waals surface area contributed by atoms with Crippen molar-refractivity contribution in [1.82, 2.24) is 5.32 Å². The van der Waals surface area contributed by atoms with E-state index >= 15 is 0 Å². The molecule has 3 N–H and O–H groups in total. The molecule has 0 bridgehead atoms. The van der Waals surface area contributed by atoms with Gasteiger partial charge in [-0.2, -0.15) is 0 Å². The first-order chi connectivity index (χ1) is 9.48. The summed E-state index contributed by atoms with van der Waals surface area (Å²) in [4.78, 5) is 11.9. The Morgan fingerprint density at radius 2 is 1.90 bits per heavy atom. The van der Waals surface area contributed by atoms with E-state index in [0.29, 0.717) is 0 Å². The Balaban J connectivity index is 3.21. The van der Waals surface area contributed by atoms with Crippen molar-refractivity contribution in [3.63, 3.8) is 0 Å². The molecule has 0 atom stereocenters. The summed E-state index contributed by atoms with van der Waals surface area (Å²) in [5, 5.41) is 7.66. The van der Waals surface area contributed by atoms with Gasteiger partial charge >= 0.3 is 0 Å². The molecule has 0 spiro atoms. The fourth-order valence-corrected chi connectivity index (χ4v) is 3.33. The summed E-state index contributed by atoms with van der Waals surface area (Å²) < 4.78 is 22.9. The van der Waals surface area contributed by atoms with Crippen molar-refractivity contribution in [2.24, 2.45) is 5.14 Å². The molecule has 118 valence electrons. The van der Waals surface area contributed by atoms with E-state index in [4.69, 9.17) is 28.3 Å². The minimum Gasteiger partial charge on any atom is -0.347 e. The highest BCUT2D eigenvalue weighted by atomic mass is 35.5. The predicted octanol–water partition coefficient (Wildman–Crippen LogP) is 2.95. The zero-order valence-corrected chi connectivity index (χ0v) is 14.4. The molecule has 1 aromatic carbocycles. The number of benzene rings is 1. The van der Waals surface area contributed by atoms with Gasteiger partial charge in [0.05, 0.1) is 10.0 Å². The molecule has 0 saturated heterocycles. The third kappa shape index (κ3) is 4.85. The minimum absolute atomic E-state index is 0.0401. The molecule has 5 nitrogen and oxygen atoms in total. The standard InChI is InChI=1S/C13H18Cl2N2O3S/c1-4-5-13(2,3)17-12(18)8-6-9(14)11(15)10(7-8)21(16,19)20/h6-7H,4-5H2,1-3H3,(H,17,18)(H2,16,19,20). The Bertz CT molecular complexity index is 658. The van der Waals surface area contributed by atoms with Gasteiger partial charge in [0, 0.05) is 11.1 Å². The van der Waals surface area contributed by atoms with E-state index in [-0.39, 0.29) is 20.5 Å². The Kier molecular flexibility index (Phi) is 5.66. The smallest absolute Gasteiger partial charge is 0.251 e. The van der Waals surface area contributed by atoms with E-state index in [1.54, 1.807) is 0 Å². The summed E-state index contributed by atoms with van der Waals surface area (Å²) in [6, 6.07) is 2.44. The van der Waals surface area contributed by atoms with Crippen LogP contribution in [0.5, 0.6) is 0 Å². The van der Waals surface area contributed by atoms with E-state index in [2.05, 4.69) is 5.32 Å². The monoisotopic (exact) mass is 352 g/mol. The molecular formula is C13H18Cl2N2O3S. The normalized spacial score (nSPS) is 12.3. The number of carbonyl (C=O) groups is 1. The molecular weight excluding hydrogens is 335 g/mol. The summed E-state index contributed by atoms with van der Waals surface area (Å²) >= 11 is 11.7. The van der Waals surface area contributed by atoms with Crippen molar-refractivity contribution in [1.29, 1.82) is 0 Å². The lowest BCUT2D eigenvalue weighted by Crippen LogP contribution is -2.43. The van der Waals surface area contributed by atoms with Crippen LogP contribution in [0.3, 0.4) is 0 Å². The topological polar surface area (TPSA) is 89.3 Å². The second-order valence-electron chi connectivity index (χ2n) is 5.40. The quantitative estimate of drug-likeness (QED) is 0.853. The van der Waals surface area contributed by atoms with Crippen molar-refractivity contribution in [3.05, 3.63) is 27.7 Å². The number of carbonyl (C=O) groups excluding carboxylic acids is 1. The SMILES string of the molecule is CCCC(C)(C)NC(=O)c1cc(Cl)c(Cl)c(S(N)(=O)=O)c1. The lowest BCUT2D eigenvalue weighted by molar-refractivity contribution is 0.0909. The predicted molar refractivity (Wildman–Crippen MR) is 84.3 cm³/mol. The number of hydrogen-bond donors (Lipinski definition) is 2. The fourth-order valence-electron chi connectivity index (χ4n) is 1.97. The van der Waals surface area contributed by atoms with Crippen molar-refractivity contribution in [2.75, 3.05) is 0 Å². The van der Waals surface area contributed by atoms with E-state index in [1.165, 1.54) is 6.07 Å². The molecule has 1 amide bonds. The highest BCUT2D eigenvalue weighted by Crippen LogP contribution is 2.30. The molecule has 0 aliphatic heterocycles. The van der Waals surface area contributed by atoms with E-state index in [9.17, 15) is 13.2 Å². The molecule has 0 saturated carbocycles. The van der Waals surface area contributed by atoms with Crippen molar-refractivity contribution < 1.29 is 13.2 Å². The fraction of sp³-hybridized carbons (Fsp3) is 0.462. The highest BCUT2D eigenvalue weighted by molar-refractivity contribution is 7.89. The molecule has 0 heterocycles. The maximum Gasteiger partial charge on any atom is 0.251 e. The summed E-state index contributed by atoms with van der Waals surface area (Å²) in [5.74, 6) is -0.433. The number of sulfonamides is 1. The summed E-state index contributed by atoms with van der Waals surface area (Å²) in [6.45, 7) is 5.77. The summed E-state index contributed by atoms with van der Waals surface area (Å²) in [6.07, 6.45) is 1.68. The Morgan fingerprint density at radius 1 is 1.33 bits per heavy atom. The molecule has 0 aliphatic carbocycles. The molecule has 21 heavy (non-hydrogen) atoms. The number of amides is 1. The maximum atomic E-state index is 12.2. The third-order valence-electron chi connectivity index (χ3n) is 2.89. The van der Waals surface area contributed by atoms with Gasteiger partial charge in [-0.25, -0.2) is 13.6 Å². The maximum absolute atomic E-state index is 12.2. The van der Waals surface area contributed by atoms with Crippen molar-refractivity contribution in [2.45, 2.75) is 44.0 Å². The van der Waals surface area contributed by atoms with Crippen LogP contribution in [0, 0.1) is 0 Å². The van der Waals surface area contributed by atoms with Crippen molar-refractivity contribution >= 4 is 39.1 Å². The van der Waals surface area contributed by atoms with E-state index in [1.807, 2.05) is 20.8 Å². The zero-order valence-electron chi connectivity index (χ0n) is 12.0. The van der Waals surface area contributed by atoms with Gasteiger partial charge in [-0.05, 0) is 32.4 Å². The van der Waals surface area contributed by atoms with Crippen LogP contribution in [0.25, 0.3) is 0 Å². The minimum atomic E-state index is -4.06. The number of primary sulfonamides is 1. The van der Waals surface area contributed by atoms with Gasteiger partial charge in [-0.1, -0.05) is 36.5 Å². The average molecular weight is 353 g/mol. The van der Waals surface area contributed by atoms with Gasteiger partial charge in [0.25, 0.3) is 5.91 Å². The largest absolute Gasteiger partial charge is 0.347 e. The van der Waals surface area contributed by atoms with Crippen LogP contribution >= 0.6 is 23.2 Å². The number of halogens is 2. The molecule has 0 radical (unpaired) electrons. The van der Waals surface area contributed by atoms with Crippen LogP contribution in [0.15, 0.2) is 17.0 Å². The van der Waals surface area contributed by atoms with Crippen molar-refractivity contribution in [3.8, 4) is 0 Å². The average Bonchev–Trinajstić information content (AvgIpc) is 2.29. The van der Waals surface area contributed by atoms with Gasteiger partial charge in [0.15, 0.2) is 0 Å². The summed E-state index contributed by atoms with van der Waals surface area (Å²) in [7, 11) is -4.06. The number of nitrogens with two attached hydrogens (primary N) is 1. The molecule has 0 fully saturated rings. The first kappa shape index (κ1) is 18.2. The Morgan fingerprint density at radius 3 is 2.38 bits per heavy atom. The van der Waals surface area contributed by atoms with Crippen LogP contribution in [0.2, 0.25) is 10.0 Å². The lowest BCUT2D eigenvalue weighted by atomic mass is 9.98. The van der Waals surface area contributed by atoms with Crippen LogP contribution in [-0.2, 0) is 10.0 Å². The first-order valence-corrected chi connectivity index (χ1v) is 8.62. The summed E-state index contributed by atoms with van der Waals surface area (Å²) in [5.41, 5.74) is -0.322. The number of rotatable bonds is 5. The molecule has 0 aromatic heterocycles. The highest BCUT2D eigenvalue weighted by Gasteiger charge is 2.23. The third-order valence-corrected chi connectivity index (χ3v) is 4.74. The van der Waals surface area contributed by atoms with E-state index < -0.39 is 21.5 Å². The van der Waals surface area contributed by atoms with E-state index in [0.717, 1.165) is 18.9 Å². The number of hydrogen-bond acceptors (Lipinski definition) is 3. The van der Waals surface area contributed by atoms with Gasteiger partial charge in [-0.3, -0.25) is 4.79 Å². The van der Waals surface area contributed by atoms with Crippen LogP contribution < -0.4 is 10.5 Å². The van der Waals surface area contributed by atoms with Gasteiger partial charge in [-0.15, -0.1) is 0 Å².